The third-order valence-electron chi connectivity index (χ3n) is 4.49. The van der Waals surface area contributed by atoms with Crippen molar-refractivity contribution in [3.8, 4) is 17.4 Å². The molecule has 0 aliphatic heterocycles. The summed E-state index contributed by atoms with van der Waals surface area (Å²) in [5, 5.41) is 2.66. The predicted octanol–water partition coefficient (Wildman–Crippen LogP) is 3.92. The molecule has 0 bridgehead atoms. The molecule has 2 amide bonds. The predicted molar refractivity (Wildman–Crippen MR) is 115 cm³/mol. The quantitative estimate of drug-likeness (QED) is 0.477. The lowest BCUT2D eigenvalue weighted by Crippen LogP contribution is -2.17. The zero-order chi connectivity index (χ0) is 22.7. The van der Waals surface area contributed by atoms with Crippen LogP contribution in [0.1, 0.15) is 20.8 Å². The molecule has 4 rings (SSSR count). The summed E-state index contributed by atoms with van der Waals surface area (Å²) in [4.78, 5) is 33.3. The molecule has 0 radical (unpaired) electrons. The first-order valence-electron chi connectivity index (χ1n) is 9.44. The molecule has 3 N–H and O–H groups in total. The lowest BCUT2D eigenvalue weighted by molar-refractivity contribution is 0.0995. The first kappa shape index (κ1) is 20.7. The van der Waals surface area contributed by atoms with Crippen LogP contribution in [0.4, 0.5) is 10.1 Å². The molecule has 1 aromatic heterocycles. The second-order valence-electron chi connectivity index (χ2n) is 6.66. The summed E-state index contributed by atoms with van der Waals surface area (Å²) in [5.41, 5.74) is 6.74. The Morgan fingerprint density at radius 3 is 2.41 bits per heavy atom. The van der Waals surface area contributed by atoms with Crippen molar-refractivity contribution in [3.63, 3.8) is 0 Å². The van der Waals surface area contributed by atoms with Gasteiger partial charge in [0.05, 0.1) is 18.1 Å². The van der Waals surface area contributed by atoms with Gasteiger partial charge in [0.2, 0.25) is 5.91 Å². The van der Waals surface area contributed by atoms with Gasteiger partial charge in [0.1, 0.15) is 5.82 Å². The van der Waals surface area contributed by atoms with E-state index in [9.17, 15) is 14.0 Å². The number of nitrogens with zero attached hydrogens (tertiary/aromatic N) is 2. The van der Waals surface area contributed by atoms with Gasteiger partial charge in [-0.15, -0.1) is 0 Å². The molecule has 0 fully saturated rings. The van der Waals surface area contributed by atoms with E-state index in [4.69, 9.17) is 15.2 Å². The first-order chi connectivity index (χ1) is 15.4. The zero-order valence-electron chi connectivity index (χ0n) is 16.8. The van der Waals surface area contributed by atoms with Crippen LogP contribution in [0.15, 0.2) is 66.7 Å². The number of rotatable bonds is 6. The zero-order valence-corrected chi connectivity index (χ0v) is 16.8. The van der Waals surface area contributed by atoms with Crippen LogP contribution in [0.3, 0.4) is 0 Å². The van der Waals surface area contributed by atoms with Crippen molar-refractivity contribution >= 4 is 28.5 Å². The van der Waals surface area contributed by atoms with E-state index in [0.29, 0.717) is 16.7 Å². The van der Waals surface area contributed by atoms with Crippen LogP contribution in [0.5, 0.6) is 17.4 Å². The largest absolute Gasteiger partial charge is 0.493 e. The third-order valence-corrected chi connectivity index (χ3v) is 4.49. The Morgan fingerprint density at radius 1 is 0.938 bits per heavy atom. The molecule has 160 valence electrons. The number of benzene rings is 3. The number of hydrogen-bond donors (Lipinski definition) is 2. The molecule has 0 aliphatic carbocycles. The van der Waals surface area contributed by atoms with E-state index in [1.165, 1.54) is 31.4 Å². The summed E-state index contributed by atoms with van der Waals surface area (Å²) in [7, 11) is 1.37. The number of nitrogens with two attached hydrogens (primary N) is 1. The molecular formula is C23H17FN4O4. The van der Waals surface area contributed by atoms with Gasteiger partial charge in [-0.1, -0.05) is 18.2 Å². The molecule has 8 nitrogen and oxygen atoms in total. The molecule has 0 spiro atoms. The van der Waals surface area contributed by atoms with Gasteiger partial charge < -0.3 is 20.5 Å². The van der Waals surface area contributed by atoms with Crippen LogP contribution >= 0.6 is 0 Å². The number of carbonyl (C=O) groups is 2. The van der Waals surface area contributed by atoms with Crippen molar-refractivity contribution in [2.75, 3.05) is 12.4 Å². The number of carbonyl (C=O) groups excluding carboxylic acids is 2. The number of anilines is 1. The SMILES string of the molecule is COc1cc(F)ccc1Oc1nc2ccccc2nc1C(=O)Nc1cccc(C(N)=O)c1. The molecule has 4 aromatic rings. The smallest absolute Gasteiger partial charge is 0.279 e. The number of amides is 2. The number of ether oxygens (including phenoxy) is 2. The van der Waals surface area contributed by atoms with Crippen molar-refractivity contribution in [2.24, 2.45) is 5.73 Å². The van der Waals surface area contributed by atoms with Crippen LogP contribution in [0.2, 0.25) is 0 Å². The van der Waals surface area contributed by atoms with Crippen LogP contribution in [0.25, 0.3) is 11.0 Å². The highest BCUT2D eigenvalue weighted by Gasteiger charge is 2.21. The number of methoxy groups -OCH3 is 1. The second kappa shape index (κ2) is 8.68. The van der Waals surface area contributed by atoms with Crippen molar-refractivity contribution in [1.29, 1.82) is 0 Å². The highest BCUT2D eigenvalue weighted by atomic mass is 19.1. The fourth-order valence-electron chi connectivity index (χ4n) is 2.97. The number of hydrogen-bond acceptors (Lipinski definition) is 6. The van der Waals surface area contributed by atoms with Crippen molar-refractivity contribution in [1.82, 2.24) is 9.97 Å². The van der Waals surface area contributed by atoms with Gasteiger partial charge in [0, 0.05) is 17.3 Å². The molecular weight excluding hydrogens is 415 g/mol. The van der Waals surface area contributed by atoms with Gasteiger partial charge in [-0.3, -0.25) is 9.59 Å². The van der Waals surface area contributed by atoms with Gasteiger partial charge in [0.15, 0.2) is 17.2 Å². The van der Waals surface area contributed by atoms with Crippen LogP contribution < -0.4 is 20.5 Å². The molecule has 3 aromatic carbocycles. The molecule has 9 heteroatoms. The minimum Gasteiger partial charge on any atom is -0.493 e. The van der Waals surface area contributed by atoms with Crippen LogP contribution in [-0.4, -0.2) is 28.9 Å². The summed E-state index contributed by atoms with van der Waals surface area (Å²) in [6.07, 6.45) is 0. The Morgan fingerprint density at radius 2 is 1.69 bits per heavy atom. The molecule has 32 heavy (non-hydrogen) atoms. The highest BCUT2D eigenvalue weighted by Crippen LogP contribution is 2.33. The average molecular weight is 432 g/mol. The minimum absolute atomic E-state index is 0.0998. The number of nitrogens with one attached hydrogen (secondary N) is 1. The molecule has 0 aliphatic rings. The van der Waals surface area contributed by atoms with E-state index < -0.39 is 17.6 Å². The van der Waals surface area contributed by atoms with Gasteiger partial charge in [-0.25, -0.2) is 14.4 Å². The molecule has 0 saturated carbocycles. The Hall–Kier alpha value is -4.53. The standard InChI is InChI=1S/C23H17FN4O4/c1-31-19-12-14(24)9-10-18(19)32-23-20(27-16-7-2-3-8-17(16)28-23)22(30)26-15-6-4-5-13(11-15)21(25)29/h2-12H,1H3,(H2,25,29)(H,26,30). The van der Waals surface area contributed by atoms with Gasteiger partial charge in [-0.05, 0) is 42.5 Å². The summed E-state index contributed by atoms with van der Waals surface area (Å²) in [6.45, 7) is 0. The van der Waals surface area contributed by atoms with E-state index in [1.807, 2.05) is 0 Å². The molecule has 0 atom stereocenters. The monoisotopic (exact) mass is 432 g/mol. The maximum absolute atomic E-state index is 13.6. The van der Waals surface area contributed by atoms with Crippen LogP contribution in [0, 0.1) is 5.82 Å². The Bertz CT molecular complexity index is 1340. The third kappa shape index (κ3) is 4.31. The lowest BCUT2D eigenvalue weighted by atomic mass is 10.2. The Labute approximate surface area is 181 Å². The number of aromatic nitrogens is 2. The fraction of sp³-hybridized carbons (Fsp3) is 0.0435. The fourth-order valence-corrected chi connectivity index (χ4v) is 2.97. The van der Waals surface area contributed by atoms with Gasteiger partial charge in [-0.2, -0.15) is 0 Å². The van der Waals surface area contributed by atoms with E-state index in [1.54, 1.807) is 36.4 Å². The highest BCUT2D eigenvalue weighted by molar-refractivity contribution is 6.06. The average Bonchev–Trinajstić information content (AvgIpc) is 2.79. The maximum Gasteiger partial charge on any atom is 0.279 e. The normalized spacial score (nSPS) is 10.6. The van der Waals surface area contributed by atoms with Crippen molar-refractivity contribution in [2.45, 2.75) is 0 Å². The topological polar surface area (TPSA) is 116 Å². The Kier molecular flexibility index (Phi) is 5.63. The summed E-state index contributed by atoms with van der Waals surface area (Å²) >= 11 is 0. The van der Waals surface area contributed by atoms with Gasteiger partial charge in [0.25, 0.3) is 11.8 Å². The number of halogens is 1. The Balaban J connectivity index is 1.75. The molecule has 0 unspecified atom stereocenters. The molecule has 1 heterocycles. The van der Waals surface area contributed by atoms with E-state index in [2.05, 4.69) is 15.3 Å². The van der Waals surface area contributed by atoms with E-state index in [0.717, 1.165) is 6.07 Å². The molecule has 0 saturated heterocycles. The van der Waals surface area contributed by atoms with E-state index >= 15 is 0 Å². The number of fused-ring (bicyclic) bond motifs is 1. The summed E-state index contributed by atoms with van der Waals surface area (Å²) < 4.78 is 24.5. The lowest BCUT2D eigenvalue weighted by Gasteiger charge is -2.13. The van der Waals surface area contributed by atoms with Crippen molar-refractivity contribution < 1.29 is 23.5 Å². The number of para-hydroxylation sites is 2. The second-order valence-corrected chi connectivity index (χ2v) is 6.66. The first-order valence-corrected chi connectivity index (χ1v) is 9.44. The summed E-state index contributed by atoms with van der Waals surface area (Å²) in [6, 6.07) is 16.8. The van der Waals surface area contributed by atoms with Crippen molar-refractivity contribution in [3.05, 3.63) is 83.8 Å². The minimum atomic E-state index is -0.626. The van der Waals surface area contributed by atoms with Gasteiger partial charge >= 0.3 is 0 Å². The van der Waals surface area contributed by atoms with E-state index in [-0.39, 0.29) is 28.6 Å². The summed E-state index contributed by atoms with van der Waals surface area (Å²) in [5.74, 6) is -1.58. The number of primary amides is 1. The maximum atomic E-state index is 13.6. The van der Waals surface area contributed by atoms with Crippen LogP contribution in [-0.2, 0) is 0 Å².